The lowest BCUT2D eigenvalue weighted by Crippen LogP contribution is -2.47. The summed E-state index contributed by atoms with van der Waals surface area (Å²) in [5.74, 6) is 0.280. The molecule has 1 amide bonds. The van der Waals surface area contributed by atoms with Gasteiger partial charge in [-0.05, 0) is 57.4 Å². The number of hydrogen-bond acceptors (Lipinski definition) is 9. The third-order valence-electron chi connectivity index (χ3n) is 7.58. The lowest BCUT2D eigenvalue weighted by molar-refractivity contribution is 0.0934. The molecule has 1 aliphatic rings. The molecule has 13 heteroatoms. The molecule has 1 saturated heterocycles. The Balaban J connectivity index is 1.07. The topological polar surface area (TPSA) is 126 Å². The van der Waals surface area contributed by atoms with Crippen molar-refractivity contribution in [3.05, 3.63) is 60.2 Å². The van der Waals surface area contributed by atoms with Gasteiger partial charge in [0.2, 0.25) is 5.95 Å². The van der Waals surface area contributed by atoms with E-state index in [-0.39, 0.29) is 23.7 Å². The van der Waals surface area contributed by atoms with E-state index in [1.807, 2.05) is 53.7 Å². The Morgan fingerprint density at radius 1 is 1.17 bits per heavy atom. The van der Waals surface area contributed by atoms with Gasteiger partial charge in [0.15, 0.2) is 11.4 Å². The van der Waals surface area contributed by atoms with Gasteiger partial charge in [0.25, 0.3) is 5.91 Å². The van der Waals surface area contributed by atoms with Crippen LogP contribution in [0.15, 0.2) is 53.3 Å². The maximum absolute atomic E-state index is 15.1. The van der Waals surface area contributed by atoms with Crippen molar-refractivity contribution >= 4 is 34.1 Å². The van der Waals surface area contributed by atoms with Crippen LogP contribution in [0.4, 0.5) is 16.0 Å². The molecule has 6 rings (SSSR count). The van der Waals surface area contributed by atoms with Crippen LogP contribution in [0.1, 0.15) is 17.3 Å². The number of carbonyl (C=O) groups is 1. The van der Waals surface area contributed by atoms with Crippen molar-refractivity contribution in [3.8, 4) is 11.5 Å². The second-order valence-corrected chi connectivity index (χ2v) is 11.0. The number of amides is 1. The summed E-state index contributed by atoms with van der Waals surface area (Å²) in [5, 5.41) is 12.9. The van der Waals surface area contributed by atoms with Gasteiger partial charge in [-0.1, -0.05) is 0 Å². The molecule has 0 saturated carbocycles. The van der Waals surface area contributed by atoms with Gasteiger partial charge >= 0.3 is 0 Å². The van der Waals surface area contributed by atoms with Crippen molar-refractivity contribution in [2.45, 2.75) is 19.5 Å². The number of rotatable bonds is 9. The predicted molar refractivity (Wildman–Crippen MR) is 159 cm³/mol. The van der Waals surface area contributed by atoms with E-state index >= 15 is 4.39 Å². The fourth-order valence-electron chi connectivity index (χ4n) is 5.54. The molecule has 42 heavy (non-hydrogen) atoms. The van der Waals surface area contributed by atoms with E-state index in [0.717, 1.165) is 30.5 Å². The summed E-state index contributed by atoms with van der Waals surface area (Å²) in [7, 11) is 3.89. The molecule has 0 unspecified atom stereocenters. The maximum atomic E-state index is 15.1. The molecule has 5 aromatic rings. The largest absolute Gasteiger partial charge is 0.463 e. The molecule has 4 aromatic heterocycles. The highest BCUT2D eigenvalue weighted by Gasteiger charge is 2.22. The van der Waals surface area contributed by atoms with Gasteiger partial charge in [-0.2, -0.15) is 19.7 Å². The zero-order chi connectivity index (χ0) is 29.4. The van der Waals surface area contributed by atoms with Gasteiger partial charge in [-0.25, -0.2) is 9.07 Å². The number of anilines is 2. The number of furan rings is 1. The number of benzene rings is 1. The number of nitrogens with one attached hydrogen (secondary N) is 1. The van der Waals surface area contributed by atoms with Crippen molar-refractivity contribution in [3.63, 3.8) is 0 Å². The quantitative estimate of drug-likeness (QED) is 0.273. The Kier molecular flexibility index (Phi) is 7.52. The van der Waals surface area contributed by atoms with E-state index in [1.165, 1.54) is 6.07 Å². The first-order valence-electron chi connectivity index (χ1n) is 14.0. The summed E-state index contributed by atoms with van der Waals surface area (Å²) in [6.45, 7) is 6.95. The van der Waals surface area contributed by atoms with Crippen molar-refractivity contribution in [2.75, 3.05) is 64.0 Å². The van der Waals surface area contributed by atoms with Gasteiger partial charge < -0.3 is 25.3 Å². The molecule has 0 bridgehead atoms. The van der Waals surface area contributed by atoms with Crippen LogP contribution >= 0.6 is 0 Å². The van der Waals surface area contributed by atoms with Crippen LogP contribution in [0.25, 0.3) is 28.0 Å². The summed E-state index contributed by atoms with van der Waals surface area (Å²) in [6.07, 6.45) is 3.40. The van der Waals surface area contributed by atoms with Crippen LogP contribution in [-0.4, -0.2) is 99.5 Å². The molecule has 0 aliphatic carbocycles. The molecule has 1 aromatic carbocycles. The van der Waals surface area contributed by atoms with E-state index in [2.05, 4.69) is 25.4 Å². The van der Waals surface area contributed by atoms with E-state index in [9.17, 15) is 4.79 Å². The third-order valence-corrected chi connectivity index (χ3v) is 7.58. The zero-order valence-corrected chi connectivity index (χ0v) is 24.0. The molecule has 220 valence electrons. The molecule has 5 heterocycles. The van der Waals surface area contributed by atoms with Crippen molar-refractivity contribution < 1.29 is 13.6 Å². The first kappa shape index (κ1) is 27.7. The standard InChI is InChI=1S/C29H35FN10O2/c1-19(18-36(2)3)33-28(41)20-6-7-24(22(30)15-20)38-11-8-37(9-12-38)10-13-39-27-21(17-32-39)25-16-23(26-5-4-14-42-26)35-40(25)29(31)34-27/h4-7,14-17,19H,8-13,18H2,1-3H3,(H2,31,34)(H,33,41)/t19-/m1/s1. The van der Waals surface area contributed by atoms with E-state index in [4.69, 9.17) is 10.2 Å². The number of nitrogen functional groups attached to an aromatic ring is 1. The average Bonchev–Trinajstić information content (AvgIpc) is 3.72. The highest BCUT2D eigenvalue weighted by molar-refractivity contribution is 5.95. The number of aromatic nitrogens is 5. The minimum Gasteiger partial charge on any atom is -0.463 e. The second kappa shape index (κ2) is 11.4. The second-order valence-electron chi connectivity index (χ2n) is 11.0. The number of halogens is 1. The Labute approximate surface area is 242 Å². The molecule has 1 fully saturated rings. The minimum atomic E-state index is -0.385. The van der Waals surface area contributed by atoms with Gasteiger partial charge in [0, 0.05) is 50.9 Å². The van der Waals surface area contributed by atoms with E-state index in [0.29, 0.717) is 54.5 Å². The fraction of sp³-hybridized carbons (Fsp3) is 0.379. The molecule has 1 aliphatic heterocycles. The monoisotopic (exact) mass is 574 g/mol. The highest BCUT2D eigenvalue weighted by atomic mass is 19.1. The van der Waals surface area contributed by atoms with Crippen LogP contribution in [0, 0.1) is 5.82 Å². The number of carbonyl (C=O) groups excluding carboxylic acids is 1. The predicted octanol–water partition coefficient (Wildman–Crippen LogP) is 2.56. The Morgan fingerprint density at radius 3 is 2.69 bits per heavy atom. The van der Waals surface area contributed by atoms with Gasteiger partial charge in [-0.15, -0.1) is 0 Å². The lowest BCUT2D eigenvalue weighted by atomic mass is 10.1. The average molecular weight is 575 g/mol. The Hall–Kier alpha value is -4.49. The van der Waals surface area contributed by atoms with Gasteiger partial charge in [0.05, 0.1) is 35.6 Å². The number of fused-ring (bicyclic) bond motifs is 3. The number of hydrogen-bond donors (Lipinski definition) is 2. The molecule has 1 atom stereocenters. The van der Waals surface area contributed by atoms with Crippen molar-refractivity contribution in [1.82, 2.24) is 39.5 Å². The molecule has 12 nitrogen and oxygen atoms in total. The third kappa shape index (κ3) is 5.52. The smallest absolute Gasteiger partial charge is 0.251 e. The summed E-state index contributed by atoms with van der Waals surface area (Å²) in [5.41, 5.74) is 9.29. The van der Waals surface area contributed by atoms with Crippen LogP contribution in [0.5, 0.6) is 0 Å². The van der Waals surface area contributed by atoms with Crippen LogP contribution < -0.4 is 16.0 Å². The number of likely N-dealkylation sites (N-methyl/N-ethyl adjacent to an activating group) is 1. The van der Waals surface area contributed by atoms with Crippen LogP contribution in [0.3, 0.4) is 0 Å². The lowest BCUT2D eigenvalue weighted by Gasteiger charge is -2.36. The number of nitrogens with two attached hydrogens (primary N) is 1. The molecular weight excluding hydrogens is 539 g/mol. The Morgan fingerprint density at radius 2 is 1.98 bits per heavy atom. The van der Waals surface area contributed by atoms with E-state index in [1.54, 1.807) is 29.1 Å². The van der Waals surface area contributed by atoms with Crippen molar-refractivity contribution in [1.29, 1.82) is 0 Å². The number of nitrogens with zero attached hydrogens (tertiary/aromatic N) is 8. The minimum absolute atomic E-state index is 0.0385. The molecule has 0 spiro atoms. The normalized spacial score (nSPS) is 15.2. The summed E-state index contributed by atoms with van der Waals surface area (Å²) in [4.78, 5) is 23.5. The molecular formula is C29H35FN10O2. The Bertz CT molecular complexity index is 1700. The summed E-state index contributed by atoms with van der Waals surface area (Å²) < 4.78 is 24.0. The summed E-state index contributed by atoms with van der Waals surface area (Å²) in [6, 6.07) is 10.3. The van der Waals surface area contributed by atoms with Crippen molar-refractivity contribution in [2.24, 2.45) is 0 Å². The SMILES string of the molecule is C[C@H](CN(C)C)NC(=O)c1ccc(N2CCN(CCn3ncc4c3nc(N)n3nc(-c5ccco5)cc43)CC2)c(F)c1. The molecule has 0 radical (unpaired) electrons. The highest BCUT2D eigenvalue weighted by Crippen LogP contribution is 2.27. The van der Waals surface area contributed by atoms with Crippen LogP contribution in [-0.2, 0) is 6.54 Å². The van der Waals surface area contributed by atoms with Gasteiger partial charge in [-0.3, -0.25) is 9.69 Å². The molecule has 3 N–H and O–H groups in total. The number of piperazine rings is 1. The first-order chi connectivity index (χ1) is 20.3. The maximum Gasteiger partial charge on any atom is 0.251 e. The van der Waals surface area contributed by atoms with Crippen LogP contribution in [0.2, 0.25) is 0 Å². The van der Waals surface area contributed by atoms with E-state index < -0.39 is 0 Å². The zero-order valence-electron chi connectivity index (χ0n) is 24.0. The first-order valence-corrected chi connectivity index (χ1v) is 14.0. The fourth-order valence-corrected chi connectivity index (χ4v) is 5.54. The van der Waals surface area contributed by atoms with Gasteiger partial charge in [0.1, 0.15) is 11.5 Å². The summed E-state index contributed by atoms with van der Waals surface area (Å²) >= 11 is 0.